The lowest BCUT2D eigenvalue weighted by Gasteiger charge is -2.37. The van der Waals surface area contributed by atoms with Crippen LogP contribution < -0.4 is 0 Å². The minimum atomic E-state index is -0.441. The molecule has 1 aliphatic rings. The highest BCUT2D eigenvalue weighted by Gasteiger charge is 2.39. The van der Waals surface area contributed by atoms with Gasteiger partial charge in [0.2, 0.25) is 0 Å². The number of Topliss-reactive ketones (excluding diaryl/α,β-unsaturated/α-hetero) is 1. The van der Waals surface area contributed by atoms with Crippen molar-refractivity contribution in [2.45, 2.75) is 52.6 Å². The average molecular weight is 228 g/mol. The summed E-state index contributed by atoms with van der Waals surface area (Å²) in [5.74, 6) is 0.861. The van der Waals surface area contributed by atoms with Crippen molar-refractivity contribution in [3.05, 3.63) is 0 Å². The van der Waals surface area contributed by atoms with Crippen LogP contribution >= 0.6 is 12.2 Å². The first-order chi connectivity index (χ1) is 6.83. The molecule has 1 rings (SSSR count). The van der Waals surface area contributed by atoms with Crippen molar-refractivity contribution in [1.82, 2.24) is 0 Å². The van der Waals surface area contributed by atoms with Gasteiger partial charge in [-0.3, -0.25) is 4.79 Å². The fraction of sp³-hybridized carbons (Fsp3) is 0.833. The smallest absolute Gasteiger partial charge is 0.157 e. The Kier molecular flexibility index (Phi) is 3.87. The molecule has 1 fully saturated rings. The summed E-state index contributed by atoms with van der Waals surface area (Å²) in [5.41, 5.74) is -0.441. The molecule has 0 bridgehead atoms. The molecule has 2 atom stereocenters. The van der Waals surface area contributed by atoms with Crippen LogP contribution in [0.3, 0.4) is 0 Å². The summed E-state index contributed by atoms with van der Waals surface area (Å²) in [6, 6.07) is 0. The molecule has 0 aromatic rings. The minimum absolute atomic E-state index is 0.00611. The number of rotatable bonds is 2. The van der Waals surface area contributed by atoms with Crippen LogP contribution in [0.25, 0.3) is 0 Å². The van der Waals surface area contributed by atoms with Gasteiger partial charge in [-0.2, -0.15) is 0 Å². The second-order valence-electron chi connectivity index (χ2n) is 5.10. The van der Waals surface area contributed by atoms with Crippen molar-refractivity contribution >= 4 is 23.1 Å². The van der Waals surface area contributed by atoms with Gasteiger partial charge in [0.25, 0.3) is 0 Å². The van der Waals surface area contributed by atoms with Crippen LogP contribution in [0.1, 0.15) is 47.0 Å². The molecule has 0 unspecified atom stereocenters. The van der Waals surface area contributed by atoms with E-state index in [4.69, 9.17) is 17.0 Å². The molecule has 15 heavy (non-hydrogen) atoms. The van der Waals surface area contributed by atoms with Crippen LogP contribution in [-0.2, 0) is 9.53 Å². The molecular weight excluding hydrogens is 208 g/mol. The first kappa shape index (κ1) is 12.6. The summed E-state index contributed by atoms with van der Waals surface area (Å²) in [6.45, 7) is 7.81. The van der Waals surface area contributed by atoms with Gasteiger partial charge in [0.15, 0.2) is 5.05 Å². The number of hydrogen-bond donors (Lipinski definition) is 0. The van der Waals surface area contributed by atoms with E-state index in [0.29, 0.717) is 23.2 Å². The van der Waals surface area contributed by atoms with Gasteiger partial charge in [0.05, 0.1) is 5.92 Å². The maximum Gasteiger partial charge on any atom is 0.157 e. The lowest BCUT2D eigenvalue weighted by Crippen LogP contribution is -2.43. The minimum Gasteiger partial charge on any atom is -0.481 e. The number of thiocarbonyl (C=S) groups is 1. The molecule has 0 amide bonds. The zero-order chi connectivity index (χ0) is 11.6. The van der Waals surface area contributed by atoms with Crippen molar-refractivity contribution < 1.29 is 9.53 Å². The molecule has 3 heteroatoms. The summed E-state index contributed by atoms with van der Waals surface area (Å²) >= 11 is 4.94. The number of ketones is 1. The van der Waals surface area contributed by atoms with Crippen LogP contribution in [0, 0.1) is 11.8 Å². The molecule has 1 saturated carbocycles. The van der Waals surface area contributed by atoms with E-state index in [1.165, 1.54) is 0 Å². The molecule has 86 valence electrons. The summed E-state index contributed by atoms with van der Waals surface area (Å²) in [7, 11) is 0. The molecule has 0 N–H and O–H groups in total. The Morgan fingerprint density at radius 3 is 2.53 bits per heavy atom. The van der Waals surface area contributed by atoms with Gasteiger partial charge in [0, 0.05) is 13.3 Å². The van der Waals surface area contributed by atoms with E-state index in [1.807, 2.05) is 13.8 Å². The molecular formula is C12H20O2S. The topological polar surface area (TPSA) is 26.3 Å². The first-order valence-electron chi connectivity index (χ1n) is 5.55. The summed E-state index contributed by atoms with van der Waals surface area (Å²) < 4.78 is 5.59. The predicted octanol–water partition coefficient (Wildman–Crippen LogP) is 3.13. The van der Waals surface area contributed by atoms with Gasteiger partial charge in [0.1, 0.15) is 11.4 Å². The summed E-state index contributed by atoms with van der Waals surface area (Å²) in [6.07, 6.45) is 2.73. The number of hydrogen-bond acceptors (Lipinski definition) is 3. The van der Waals surface area contributed by atoms with E-state index in [9.17, 15) is 4.79 Å². The Morgan fingerprint density at radius 2 is 2.07 bits per heavy atom. The Morgan fingerprint density at radius 1 is 1.47 bits per heavy atom. The predicted molar refractivity (Wildman–Crippen MR) is 64.9 cm³/mol. The van der Waals surface area contributed by atoms with E-state index < -0.39 is 5.60 Å². The zero-order valence-corrected chi connectivity index (χ0v) is 10.8. The highest BCUT2D eigenvalue weighted by Crippen LogP contribution is 2.34. The molecule has 0 heterocycles. The van der Waals surface area contributed by atoms with Crippen molar-refractivity contribution in [3.63, 3.8) is 0 Å². The fourth-order valence-electron chi connectivity index (χ4n) is 2.38. The third kappa shape index (κ3) is 3.26. The molecule has 0 radical (unpaired) electrons. The van der Waals surface area contributed by atoms with Crippen LogP contribution in [0.2, 0.25) is 0 Å². The van der Waals surface area contributed by atoms with E-state index in [2.05, 4.69) is 6.92 Å². The maximum atomic E-state index is 11.9. The average Bonchev–Trinajstić information content (AvgIpc) is 1.99. The highest BCUT2D eigenvalue weighted by molar-refractivity contribution is 7.80. The third-order valence-corrected chi connectivity index (χ3v) is 3.22. The van der Waals surface area contributed by atoms with Crippen LogP contribution in [0.5, 0.6) is 0 Å². The van der Waals surface area contributed by atoms with E-state index in [1.54, 1.807) is 6.92 Å². The molecule has 2 nitrogen and oxygen atoms in total. The zero-order valence-electron chi connectivity index (χ0n) is 10.0. The van der Waals surface area contributed by atoms with Gasteiger partial charge in [-0.1, -0.05) is 6.92 Å². The van der Waals surface area contributed by atoms with Gasteiger partial charge in [-0.15, -0.1) is 0 Å². The van der Waals surface area contributed by atoms with Crippen molar-refractivity contribution in [1.29, 1.82) is 0 Å². The highest BCUT2D eigenvalue weighted by atomic mass is 32.1. The molecule has 0 aromatic carbocycles. The third-order valence-electron chi connectivity index (χ3n) is 3.13. The molecule has 0 aromatic heterocycles. The lowest BCUT2D eigenvalue weighted by atomic mass is 9.74. The Bertz CT molecular complexity index is 271. The molecule has 0 aliphatic heterocycles. The number of carbonyl (C=O) groups is 1. The van der Waals surface area contributed by atoms with Crippen molar-refractivity contribution in [2.24, 2.45) is 11.8 Å². The largest absolute Gasteiger partial charge is 0.481 e. The fourth-order valence-corrected chi connectivity index (χ4v) is 2.59. The standard InChI is InChI=1S/C12H20O2S/c1-8-5-6-10(11(13)7-8)12(3,4)14-9(2)15/h8,10H,5-7H2,1-4H3/t8-,10+/m1/s1. The van der Waals surface area contributed by atoms with E-state index in [0.717, 1.165) is 12.8 Å². The van der Waals surface area contributed by atoms with Gasteiger partial charge in [-0.25, -0.2) is 0 Å². The molecule has 0 spiro atoms. The maximum absolute atomic E-state index is 11.9. The van der Waals surface area contributed by atoms with E-state index in [-0.39, 0.29) is 5.92 Å². The van der Waals surface area contributed by atoms with Gasteiger partial charge >= 0.3 is 0 Å². The summed E-state index contributed by atoms with van der Waals surface area (Å²) in [5, 5.41) is 0.520. The second kappa shape index (κ2) is 4.60. The Hall–Kier alpha value is -0.440. The number of ether oxygens (including phenoxy) is 1. The Balaban J connectivity index is 2.70. The normalized spacial score (nSPS) is 27.6. The van der Waals surface area contributed by atoms with Crippen molar-refractivity contribution in [2.75, 3.05) is 0 Å². The van der Waals surface area contributed by atoms with Crippen molar-refractivity contribution in [3.8, 4) is 0 Å². The SMILES string of the molecule is CC(=S)OC(C)(C)[C@H]1CC[C@@H](C)CC1=O. The van der Waals surface area contributed by atoms with E-state index >= 15 is 0 Å². The van der Waals surface area contributed by atoms with Crippen LogP contribution in [0.15, 0.2) is 0 Å². The Labute approximate surface area is 97.4 Å². The quantitative estimate of drug-likeness (QED) is 0.679. The first-order valence-corrected chi connectivity index (χ1v) is 5.96. The van der Waals surface area contributed by atoms with Gasteiger partial charge < -0.3 is 4.74 Å². The molecule has 1 aliphatic carbocycles. The summed E-state index contributed by atoms with van der Waals surface area (Å²) in [4.78, 5) is 11.9. The molecule has 0 saturated heterocycles. The second-order valence-corrected chi connectivity index (χ2v) is 5.68. The monoisotopic (exact) mass is 228 g/mol. The van der Waals surface area contributed by atoms with Crippen LogP contribution in [0.4, 0.5) is 0 Å². The van der Waals surface area contributed by atoms with Gasteiger partial charge in [-0.05, 0) is 44.8 Å². The lowest BCUT2D eigenvalue weighted by molar-refractivity contribution is -0.133. The van der Waals surface area contributed by atoms with Crippen LogP contribution in [-0.4, -0.2) is 16.4 Å². The number of carbonyl (C=O) groups excluding carboxylic acids is 1.